The summed E-state index contributed by atoms with van der Waals surface area (Å²) in [6, 6.07) is 5.26. The molecule has 0 spiro atoms. The highest BCUT2D eigenvalue weighted by Crippen LogP contribution is 2.30. The van der Waals surface area contributed by atoms with E-state index in [1.165, 1.54) is 6.20 Å². The molecule has 0 saturated carbocycles. The third-order valence-electron chi connectivity index (χ3n) is 2.38. The number of aliphatic imine (C=N–C) groups is 1. The molecule has 1 rings (SSSR count). The summed E-state index contributed by atoms with van der Waals surface area (Å²) >= 11 is 5.91. The lowest BCUT2D eigenvalue weighted by Crippen LogP contribution is -2.01. The average Bonchev–Trinajstić information content (AvgIpc) is 2.45. The van der Waals surface area contributed by atoms with Gasteiger partial charge in [0.25, 0.3) is 0 Å². The Morgan fingerprint density at radius 1 is 1.40 bits per heavy atom. The zero-order chi connectivity index (χ0) is 14.8. The minimum Gasteiger partial charge on any atom is -0.493 e. The molecule has 0 N–H and O–H groups in total. The molecule has 0 saturated heterocycles. The van der Waals surface area contributed by atoms with E-state index in [2.05, 4.69) is 11.6 Å². The van der Waals surface area contributed by atoms with Crippen molar-refractivity contribution in [1.29, 1.82) is 0 Å². The van der Waals surface area contributed by atoms with Crippen molar-refractivity contribution in [3.05, 3.63) is 59.8 Å². The molecule has 0 radical (unpaired) electrons. The normalized spacial score (nSPS) is 12.1. The summed E-state index contributed by atoms with van der Waals surface area (Å²) in [5, 5.41) is 0.608. The van der Waals surface area contributed by atoms with Crippen molar-refractivity contribution in [2.24, 2.45) is 4.99 Å². The molecule has 0 fully saturated rings. The van der Waals surface area contributed by atoms with Crippen molar-refractivity contribution in [2.75, 3.05) is 13.7 Å². The molecule has 0 heterocycles. The van der Waals surface area contributed by atoms with Gasteiger partial charge in [0, 0.05) is 23.5 Å². The lowest BCUT2D eigenvalue weighted by atomic mass is 10.2. The Kier molecular flexibility index (Phi) is 7.22. The van der Waals surface area contributed by atoms with Gasteiger partial charge in [0.05, 0.1) is 7.11 Å². The zero-order valence-electron chi connectivity index (χ0n) is 11.7. The number of rotatable bonds is 7. The van der Waals surface area contributed by atoms with Crippen LogP contribution in [0, 0.1) is 0 Å². The Hall–Kier alpha value is -2.00. The van der Waals surface area contributed by atoms with Crippen LogP contribution in [0.25, 0.3) is 0 Å². The molecular weight excluding hydrogens is 274 g/mol. The first kappa shape index (κ1) is 16.1. The van der Waals surface area contributed by atoms with E-state index in [0.29, 0.717) is 23.1 Å². The molecule has 0 bridgehead atoms. The minimum atomic E-state index is 0.408. The Bertz CT molecular complexity index is 533. The standard InChI is InChI=1S/C16H18ClNO2/c1-4-6-13(9-10-18-5-2)12-20-15-8-7-14(17)11-16(15)19-3/h4-11H,2,12H2,1,3H3/b6-4+,13-9+,18-10?. The van der Waals surface area contributed by atoms with Crippen LogP contribution >= 0.6 is 11.6 Å². The summed E-state index contributed by atoms with van der Waals surface area (Å²) < 4.78 is 11.0. The first-order valence-electron chi connectivity index (χ1n) is 6.13. The van der Waals surface area contributed by atoms with Crippen molar-refractivity contribution in [1.82, 2.24) is 0 Å². The van der Waals surface area contributed by atoms with Gasteiger partial charge in [-0.3, -0.25) is 4.99 Å². The average molecular weight is 292 g/mol. The zero-order valence-corrected chi connectivity index (χ0v) is 12.4. The largest absolute Gasteiger partial charge is 0.493 e. The maximum absolute atomic E-state index is 5.91. The summed E-state index contributed by atoms with van der Waals surface area (Å²) in [7, 11) is 1.58. The van der Waals surface area contributed by atoms with Crippen molar-refractivity contribution in [3.63, 3.8) is 0 Å². The second-order valence-electron chi connectivity index (χ2n) is 3.81. The highest BCUT2D eigenvalue weighted by atomic mass is 35.5. The van der Waals surface area contributed by atoms with E-state index in [1.54, 1.807) is 31.5 Å². The summed E-state index contributed by atoms with van der Waals surface area (Å²) in [6.45, 7) is 5.88. The van der Waals surface area contributed by atoms with Crippen LogP contribution in [-0.4, -0.2) is 19.9 Å². The molecular formula is C16H18ClNO2. The first-order valence-corrected chi connectivity index (χ1v) is 6.51. The predicted molar refractivity (Wildman–Crippen MR) is 85.1 cm³/mol. The van der Waals surface area contributed by atoms with Crippen LogP contribution in [-0.2, 0) is 0 Å². The Morgan fingerprint density at radius 3 is 2.85 bits per heavy atom. The molecule has 1 aromatic rings. The number of nitrogens with zero attached hydrogens (tertiary/aromatic N) is 1. The Balaban J connectivity index is 2.79. The molecule has 3 nitrogen and oxygen atoms in total. The monoisotopic (exact) mass is 291 g/mol. The van der Waals surface area contributed by atoms with Gasteiger partial charge in [0.1, 0.15) is 6.61 Å². The lowest BCUT2D eigenvalue weighted by molar-refractivity contribution is 0.322. The number of benzene rings is 1. The van der Waals surface area contributed by atoms with Crippen molar-refractivity contribution in [3.8, 4) is 11.5 Å². The van der Waals surface area contributed by atoms with Gasteiger partial charge in [-0.25, -0.2) is 0 Å². The third kappa shape index (κ3) is 5.33. The van der Waals surface area contributed by atoms with E-state index in [1.807, 2.05) is 25.2 Å². The van der Waals surface area contributed by atoms with Gasteiger partial charge in [-0.05, 0) is 30.7 Å². The number of methoxy groups -OCH3 is 1. The lowest BCUT2D eigenvalue weighted by Gasteiger charge is -2.11. The number of ether oxygens (including phenoxy) is 2. The molecule has 0 aliphatic rings. The molecule has 20 heavy (non-hydrogen) atoms. The van der Waals surface area contributed by atoms with Crippen LogP contribution in [0.5, 0.6) is 11.5 Å². The summed E-state index contributed by atoms with van der Waals surface area (Å²) in [5.74, 6) is 1.25. The first-order chi connectivity index (χ1) is 9.71. The van der Waals surface area contributed by atoms with E-state index < -0.39 is 0 Å². The molecule has 0 aliphatic heterocycles. The minimum absolute atomic E-state index is 0.408. The summed E-state index contributed by atoms with van der Waals surface area (Å²) in [5.41, 5.74) is 0.982. The predicted octanol–water partition coefficient (Wildman–Crippen LogP) is 4.44. The van der Waals surface area contributed by atoms with Gasteiger partial charge in [0.2, 0.25) is 0 Å². The fourth-order valence-electron chi connectivity index (χ4n) is 1.49. The van der Waals surface area contributed by atoms with Gasteiger partial charge in [-0.1, -0.05) is 30.3 Å². The van der Waals surface area contributed by atoms with E-state index in [-0.39, 0.29) is 0 Å². The topological polar surface area (TPSA) is 30.8 Å². The second kappa shape index (κ2) is 8.99. The highest BCUT2D eigenvalue weighted by molar-refractivity contribution is 6.30. The van der Waals surface area contributed by atoms with Gasteiger partial charge >= 0.3 is 0 Å². The second-order valence-corrected chi connectivity index (χ2v) is 4.24. The highest BCUT2D eigenvalue weighted by Gasteiger charge is 2.05. The molecule has 4 heteroatoms. The molecule has 0 aromatic heterocycles. The van der Waals surface area contributed by atoms with Gasteiger partial charge in [0.15, 0.2) is 11.5 Å². The van der Waals surface area contributed by atoms with E-state index >= 15 is 0 Å². The molecule has 1 aromatic carbocycles. The SMILES string of the molecule is C=CN=C/C=C(\C=C\C)COc1ccc(Cl)cc1OC. The van der Waals surface area contributed by atoms with Crippen LogP contribution in [0.2, 0.25) is 5.02 Å². The van der Waals surface area contributed by atoms with Gasteiger partial charge in [-0.2, -0.15) is 0 Å². The van der Waals surface area contributed by atoms with Crippen LogP contribution in [0.15, 0.2) is 59.8 Å². The van der Waals surface area contributed by atoms with Crippen LogP contribution in [0.4, 0.5) is 0 Å². The van der Waals surface area contributed by atoms with E-state index in [4.69, 9.17) is 21.1 Å². The summed E-state index contributed by atoms with van der Waals surface area (Å²) in [6.07, 6.45) is 8.91. The fraction of sp³-hybridized carbons (Fsp3) is 0.188. The van der Waals surface area contributed by atoms with Crippen molar-refractivity contribution < 1.29 is 9.47 Å². The van der Waals surface area contributed by atoms with E-state index in [9.17, 15) is 0 Å². The maximum atomic E-state index is 5.91. The Morgan fingerprint density at radius 2 is 2.20 bits per heavy atom. The van der Waals surface area contributed by atoms with Crippen molar-refractivity contribution >= 4 is 17.8 Å². The maximum Gasteiger partial charge on any atom is 0.162 e. The molecule has 0 unspecified atom stereocenters. The number of halogens is 1. The molecule has 0 atom stereocenters. The van der Waals surface area contributed by atoms with Crippen molar-refractivity contribution in [2.45, 2.75) is 6.92 Å². The number of hydrogen-bond donors (Lipinski definition) is 0. The number of allylic oxidation sites excluding steroid dienone is 2. The van der Waals surface area contributed by atoms with Crippen LogP contribution < -0.4 is 9.47 Å². The molecule has 0 aliphatic carbocycles. The van der Waals surface area contributed by atoms with Gasteiger partial charge < -0.3 is 9.47 Å². The van der Waals surface area contributed by atoms with Crippen LogP contribution in [0.1, 0.15) is 6.92 Å². The third-order valence-corrected chi connectivity index (χ3v) is 2.62. The fourth-order valence-corrected chi connectivity index (χ4v) is 1.65. The molecule has 0 amide bonds. The Labute approximate surface area is 124 Å². The number of hydrogen-bond acceptors (Lipinski definition) is 3. The van der Waals surface area contributed by atoms with Gasteiger partial charge in [-0.15, -0.1) is 0 Å². The van der Waals surface area contributed by atoms with Crippen LogP contribution in [0.3, 0.4) is 0 Å². The summed E-state index contributed by atoms with van der Waals surface area (Å²) in [4.78, 5) is 3.93. The van der Waals surface area contributed by atoms with E-state index in [0.717, 1.165) is 5.57 Å². The molecule has 106 valence electrons. The smallest absolute Gasteiger partial charge is 0.162 e. The quantitative estimate of drug-likeness (QED) is 0.549.